The second-order valence-corrected chi connectivity index (χ2v) is 7.91. The Kier molecular flexibility index (Phi) is 6.46. The number of hydrogen-bond donors (Lipinski definition) is 2. The van der Waals surface area contributed by atoms with Crippen molar-refractivity contribution in [2.75, 3.05) is 11.4 Å². The first-order valence-electron chi connectivity index (χ1n) is 8.50. The summed E-state index contributed by atoms with van der Waals surface area (Å²) < 4.78 is 42.6. The van der Waals surface area contributed by atoms with Crippen LogP contribution in [-0.4, -0.2) is 28.0 Å². The fourth-order valence-corrected chi connectivity index (χ4v) is 4.47. The van der Waals surface area contributed by atoms with E-state index in [0.29, 0.717) is 23.9 Å². The number of halogens is 3. The highest BCUT2D eigenvalue weighted by Gasteiger charge is 2.36. The molecule has 2 N–H and O–H groups in total. The van der Waals surface area contributed by atoms with Crippen LogP contribution in [0.2, 0.25) is 0 Å². The van der Waals surface area contributed by atoms with Gasteiger partial charge in [-0.05, 0) is 12.0 Å². The van der Waals surface area contributed by atoms with E-state index in [0.717, 1.165) is 17.3 Å². The maximum Gasteiger partial charge on any atom is 0.322 e. The minimum absolute atomic E-state index is 0.0734. The predicted molar refractivity (Wildman–Crippen MR) is 106 cm³/mol. The van der Waals surface area contributed by atoms with E-state index in [1.54, 1.807) is 4.90 Å². The van der Waals surface area contributed by atoms with Crippen LogP contribution >= 0.6 is 24.0 Å². The van der Waals surface area contributed by atoms with E-state index in [2.05, 4.69) is 5.32 Å². The summed E-state index contributed by atoms with van der Waals surface area (Å²) >= 11 is 6.24. The van der Waals surface area contributed by atoms with E-state index in [-0.39, 0.29) is 29.0 Å². The van der Waals surface area contributed by atoms with Gasteiger partial charge in [0, 0.05) is 19.0 Å². The zero-order valence-corrected chi connectivity index (χ0v) is 16.3. The van der Waals surface area contributed by atoms with Crippen LogP contribution in [-0.2, 0) is 11.3 Å². The third-order valence-corrected chi connectivity index (χ3v) is 5.98. The first-order chi connectivity index (χ1) is 13.4. The van der Waals surface area contributed by atoms with Gasteiger partial charge in [-0.1, -0.05) is 54.3 Å². The second-order valence-electron chi connectivity index (χ2n) is 6.23. The average Bonchev–Trinajstić information content (AvgIpc) is 3.02. The summed E-state index contributed by atoms with van der Waals surface area (Å²) in [5.74, 6) is -4.13. The van der Waals surface area contributed by atoms with Gasteiger partial charge in [0.15, 0.2) is 11.6 Å². The van der Waals surface area contributed by atoms with E-state index in [4.69, 9.17) is 17.3 Å². The molecule has 0 spiro atoms. The van der Waals surface area contributed by atoms with E-state index < -0.39 is 23.4 Å². The van der Waals surface area contributed by atoms with Crippen molar-refractivity contribution in [3.63, 3.8) is 0 Å². The van der Waals surface area contributed by atoms with E-state index in [1.807, 2.05) is 30.3 Å². The molecule has 0 aliphatic carbocycles. The number of thioether (sulfide) groups is 1. The molecule has 0 saturated heterocycles. The molecular weight excluding hydrogens is 409 g/mol. The summed E-state index contributed by atoms with van der Waals surface area (Å²) in [6.45, 7) is -0.0142. The molecule has 0 saturated carbocycles. The van der Waals surface area contributed by atoms with Crippen LogP contribution in [0, 0.1) is 17.5 Å². The molecule has 2 aromatic carbocycles. The molecule has 0 radical (unpaired) electrons. The highest BCUT2D eigenvalue weighted by molar-refractivity contribution is 8.00. The predicted octanol–water partition coefficient (Wildman–Crippen LogP) is 4.32. The van der Waals surface area contributed by atoms with Crippen molar-refractivity contribution < 1.29 is 23.1 Å². The van der Waals surface area contributed by atoms with Gasteiger partial charge in [-0.3, -0.25) is 4.79 Å². The summed E-state index contributed by atoms with van der Waals surface area (Å²) in [6, 6.07) is 9.78. The zero-order valence-electron chi connectivity index (χ0n) is 14.6. The van der Waals surface area contributed by atoms with Crippen molar-refractivity contribution in [3.05, 3.63) is 59.4 Å². The normalized spacial score (nSPS) is 15.4. The van der Waals surface area contributed by atoms with E-state index >= 15 is 0 Å². The van der Waals surface area contributed by atoms with Crippen molar-refractivity contribution in [1.82, 2.24) is 5.32 Å². The third-order valence-electron chi connectivity index (χ3n) is 4.24. The maximum atomic E-state index is 14.5. The molecule has 1 aliphatic heterocycles. The van der Waals surface area contributed by atoms with Gasteiger partial charge in [0.25, 0.3) is 0 Å². The third kappa shape index (κ3) is 4.59. The highest BCUT2D eigenvalue weighted by Crippen LogP contribution is 2.49. The van der Waals surface area contributed by atoms with Gasteiger partial charge in [0.1, 0.15) is 12.4 Å². The van der Waals surface area contributed by atoms with Gasteiger partial charge in [0.2, 0.25) is 0 Å². The Balaban J connectivity index is 1.82. The average molecular weight is 426 g/mol. The molecule has 148 valence electrons. The summed E-state index contributed by atoms with van der Waals surface area (Å²) in [6.07, 6.45) is 0.753. The molecule has 0 bridgehead atoms. The topological polar surface area (TPSA) is 52.6 Å². The molecule has 1 heterocycles. The van der Waals surface area contributed by atoms with Crippen LogP contribution in [0.5, 0.6) is 0 Å². The van der Waals surface area contributed by atoms with Crippen LogP contribution < -0.4 is 10.2 Å². The van der Waals surface area contributed by atoms with Crippen molar-refractivity contribution in [2.24, 2.45) is 0 Å². The van der Waals surface area contributed by atoms with Gasteiger partial charge in [-0.25, -0.2) is 13.2 Å². The smallest absolute Gasteiger partial charge is 0.322 e. The highest BCUT2D eigenvalue weighted by atomic mass is 32.2. The van der Waals surface area contributed by atoms with Crippen molar-refractivity contribution >= 4 is 40.6 Å². The number of carboxylic acids is 1. The van der Waals surface area contributed by atoms with Gasteiger partial charge >= 0.3 is 5.97 Å². The van der Waals surface area contributed by atoms with Gasteiger partial charge in [0.05, 0.1) is 20.9 Å². The van der Waals surface area contributed by atoms with Crippen LogP contribution in [0.25, 0.3) is 0 Å². The molecule has 0 aromatic heterocycles. The fraction of sp³-hybridized carbons (Fsp3) is 0.263. The molecule has 2 aromatic rings. The zero-order chi connectivity index (χ0) is 20.3. The maximum absolute atomic E-state index is 14.5. The van der Waals surface area contributed by atoms with Crippen molar-refractivity contribution in [2.45, 2.75) is 29.7 Å². The lowest BCUT2D eigenvalue weighted by atomic mass is 10.1. The fourth-order valence-electron chi connectivity index (χ4n) is 2.97. The molecule has 0 amide bonds. The lowest BCUT2D eigenvalue weighted by Gasteiger charge is -2.27. The van der Waals surface area contributed by atoms with Gasteiger partial charge in [-0.15, -0.1) is 0 Å². The first kappa shape index (κ1) is 20.5. The summed E-state index contributed by atoms with van der Waals surface area (Å²) in [4.78, 5) is 12.7. The molecular formula is C19H17F3N2O2S2. The monoisotopic (exact) mass is 426 g/mol. The number of benzene rings is 2. The number of carboxylic acid groups (broad SMARTS) is 1. The Morgan fingerprint density at radius 3 is 2.61 bits per heavy atom. The standard InChI is InChI=1S/C19H17F3N2O2S2/c20-12-8-13(21)19-18(17(12)22)24(10-11-4-2-1-3-5-11)15(28-19)7-6-14(27)23-9-16(25)26/h1-5,8,15H,6-7,9-10H2,(H,23,27)(H,25,26). The number of hydrogen-bond acceptors (Lipinski definition) is 4. The van der Waals surface area contributed by atoms with E-state index in [9.17, 15) is 18.0 Å². The van der Waals surface area contributed by atoms with Crippen molar-refractivity contribution in [3.8, 4) is 0 Å². The molecule has 1 unspecified atom stereocenters. The number of aliphatic carboxylic acids is 1. The molecule has 4 nitrogen and oxygen atoms in total. The van der Waals surface area contributed by atoms with Crippen LogP contribution in [0.4, 0.5) is 18.9 Å². The van der Waals surface area contributed by atoms with Crippen molar-refractivity contribution in [1.29, 1.82) is 0 Å². The molecule has 3 rings (SSSR count). The van der Waals surface area contributed by atoms with Crippen LogP contribution in [0.3, 0.4) is 0 Å². The van der Waals surface area contributed by atoms with E-state index in [1.165, 1.54) is 0 Å². The number of rotatable bonds is 7. The molecule has 9 heteroatoms. The minimum atomic E-state index is -1.23. The second kappa shape index (κ2) is 8.83. The largest absolute Gasteiger partial charge is 0.480 e. The number of fused-ring (bicyclic) bond motifs is 1. The molecule has 0 fully saturated rings. The number of nitrogens with zero attached hydrogens (tertiary/aromatic N) is 1. The minimum Gasteiger partial charge on any atom is -0.480 e. The Morgan fingerprint density at radius 1 is 1.21 bits per heavy atom. The summed E-state index contributed by atoms with van der Waals surface area (Å²) in [5.41, 5.74) is 0.789. The Bertz CT molecular complexity index is 896. The lowest BCUT2D eigenvalue weighted by molar-refractivity contribution is -0.135. The summed E-state index contributed by atoms with van der Waals surface area (Å²) in [7, 11) is 0. The quantitative estimate of drug-likeness (QED) is 0.508. The van der Waals surface area contributed by atoms with Crippen LogP contribution in [0.15, 0.2) is 41.3 Å². The van der Waals surface area contributed by atoms with Crippen LogP contribution in [0.1, 0.15) is 18.4 Å². The first-order valence-corrected chi connectivity index (χ1v) is 9.79. The SMILES string of the molecule is O=C(O)CNC(=S)CCC1Sc2c(F)cc(F)c(F)c2N1Cc1ccccc1. The lowest BCUT2D eigenvalue weighted by Crippen LogP contribution is -2.32. The van der Waals surface area contributed by atoms with Gasteiger partial charge < -0.3 is 15.3 Å². The Labute approximate surface area is 169 Å². The molecule has 28 heavy (non-hydrogen) atoms. The Morgan fingerprint density at radius 2 is 1.93 bits per heavy atom. The number of anilines is 1. The molecule has 1 aliphatic rings. The number of nitrogens with one attached hydrogen (secondary N) is 1. The summed E-state index contributed by atoms with van der Waals surface area (Å²) in [5, 5.41) is 11.0. The van der Waals surface area contributed by atoms with Gasteiger partial charge in [-0.2, -0.15) is 0 Å². The Hall–Kier alpha value is -2.26. The number of thiocarbonyl (C=S) groups is 1. The molecule has 1 atom stereocenters. The number of carbonyl (C=O) groups is 1.